The number of pyridine rings is 1. The van der Waals surface area contributed by atoms with Crippen LogP contribution in [0.3, 0.4) is 0 Å². The SMILES string of the molecule is CCCc1cn(-c2nnnn2C)c(=O)n1Cc1cnccc1-c1ccccc1-c1nn[nH]n1. The standard InChI is InChI=1S/C21H21N11O/c1-3-6-15-13-32(20-25-28-29-30(20)2)21(33)31(15)12-14-11-22-10-9-16(14)17-7-4-5-8-18(17)19-23-26-27-24-19/h4-5,7-11,13H,3,6,12H2,1-2H3,(H,23,24,26,27). The summed E-state index contributed by atoms with van der Waals surface area (Å²) in [5.74, 6) is 0.864. The molecule has 166 valence electrons. The Balaban J connectivity index is 1.62. The number of rotatable bonds is 7. The van der Waals surface area contributed by atoms with Crippen LogP contribution in [-0.2, 0) is 20.0 Å². The van der Waals surface area contributed by atoms with E-state index in [2.05, 4.69) is 48.1 Å². The second-order valence-corrected chi connectivity index (χ2v) is 7.53. The molecule has 0 spiro atoms. The molecule has 0 fully saturated rings. The molecular weight excluding hydrogens is 422 g/mol. The van der Waals surface area contributed by atoms with Crippen LogP contribution in [0.5, 0.6) is 0 Å². The number of hydrogen-bond acceptors (Lipinski definition) is 8. The summed E-state index contributed by atoms with van der Waals surface area (Å²) in [5.41, 5.74) is 4.28. The molecule has 0 unspecified atom stereocenters. The lowest BCUT2D eigenvalue weighted by atomic mass is 9.96. The highest BCUT2D eigenvalue weighted by molar-refractivity contribution is 5.81. The number of tetrazole rings is 2. The van der Waals surface area contributed by atoms with Gasteiger partial charge in [0.25, 0.3) is 5.95 Å². The van der Waals surface area contributed by atoms with Gasteiger partial charge in [-0.2, -0.15) is 5.21 Å². The van der Waals surface area contributed by atoms with E-state index in [0.29, 0.717) is 18.3 Å². The van der Waals surface area contributed by atoms with E-state index in [9.17, 15) is 4.79 Å². The third-order valence-electron chi connectivity index (χ3n) is 5.42. The van der Waals surface area contributed by atoms with Gasteiger partial charge in [0.05, 0.1) is 6.54 Å². The van der Waals surface area contributed by atoms with E-state index in [1.54, 1.807) is 30.2 Å². The first-order valence-electron chi connectivity index (χ1n) is 10.5. The lowest BCUT2D eigenvalue weighted by Crippen LogP contribution is -2.26. The number of hydrogen-bond donors (Lipinski definition) is 1. The molecule has 1 N–H and O–H groups in total. The maximum atomic E-state index is 13.4. The van der Waals surface area contributed by atoms with Gasteiger partial charge in [0, 0.05) is 36.9 Å². The molecule has 12 nitrogen and oxygen atoms in total. The molecule has 0 saturated heterocycles. The molecule has 0 atom stereocenters. The van der Waals surface area contributed by atoms with Gasteiger partial charge in [-0.05, 0) is 44.8 Å². The molecule has 0 saturated carbocycles. The fourth-order valence-electron chi connectivity index (χ4n) is 3.90. The van der Waals surface area contributed by atoms with Crippen molar-refractivity contribution in [2.24, 2.45) is 7.05 Å². The molecule has 4 aromatic heterocycles. The Hall–Kier alpha value is -4.48. The predicted molar refractivity (Wildman–Crippen MR) is 118 cm³/mol. The molecule has 0 amide bonds. The summed E-state index contributed by atoms with van der Waals surface area (Å²) >= 11 is 0. The van der Waals surface area contributed by atoms with E-state index >= 15 is 0 Å². The van der Waals surface area contributed by atoms with Gasteiger partial charge in [-0.3, -0.25) is 9.55 Å². The van der Waals surface area contributed by atoms with E-state index in [1.807, 2.05) is 30.3 Å². The van der Waals surface area contributed by atoms with E-state index in [1.165, 1.54) is 9.25 Å². The highest BCUT2D eigenvalue weighted by Gasteiger charge is 2.19. The second-order valence-electron chi connectivity index (χ2n) is 7.53. The highest BCUT2D eigenvalue weighted by Crippen LogP contribution is 2.32. The number of aryl methyl sites for hydroxylation is 2. The van der Waals surface area contributed by atoms with Crippen molar-refractivity contribution in [1.82, 2.24) is 54.9 Å². The van der Waals surface area contributed by atoms with E-state index in [0.717, 1.165) is 40.8 Å². The predicted octanol–water partition coefficient (Wildman–Crippen LogP) is 1.41. The Labute approximate surface area is 187 Å². The van der Waals surface area contributed by atoms with Crippen LogP contribution in [0.2, 0.25) is 0 Å². The van der Waals surface area contributed by atoms with E-state index in [-0.39, 0.29) is 5.69 Å². The number of H-pyrrole nitrogens is 1. The Bertz CT molecular complexity index is 1450. The van der Waals surface area contributed by atoms with Crippen LogP contribution < -0.4 is 5.69 Å². The minimum atomic E-state index is -0.211. The zero-order chi connectivity index (χ0) is 22.8. The van der Waals surface area contributed by atoms with Crippen molar-refractivity contribution in [2.45, 2.75) is 26.3 Å². The molecule has 5 rings (SSSR count). The lowest BCUT2D eigenvalue weighted by molar-refractivity contribution is 0.664. The van der Waals surface area contributed by atoms with Gasteiger partial charge in [0.15, 0.2) is 0 Å². The first-order chi connectivity index (χ1) is 16.2. The molecule has 33 heavy (non-hydrogen) atoms. The Morgan fingerprint density at radius 2 is 1.91 bits per heavy atom. The Morgan fingerprint density at radius 3 is 2.64 bits per heavy atom. The molecule has 0 radical (unpaired) electrons. The summed E-state index contributed by atoms with van der Waals surface area (Å²) < 4.78 is 4.70. The number of benzene rings is 1. The van der Waals surface area contributed by atoms with Gasteiger partial charge >= 0.3 is 5.69 Å². The summed E-state index contributed by atoms with van der Waals surface area (Å²) in [5, 5.41) is 26.0. The zero-order valence-corrected chi connectivity index (χ0v) is 18.1. The third kappa shape index (κ3) is 3.71. The van der Waals surface area contributed by atoms with Gasteiger partial charge in [-0.25, -0.2) is 14.0 Å². The van der Waals surface area contributed by atoms with Gasteiger partial charge < -0.3 is 0 Å². The average molecular weight is 443 g/mol. The molecular formula is C21H21N11O. The summed E-state index contributed by atoms with van der Waals surface area (Å²) in [7, 11) is 1.70. The highest BCUT2D eigenvalue weighted by atomic mass is 16.2. The average Bonchev–Trinajstić information content (AvgIpc) is 3.58. The minimum absolute atomic E-state index is 0.211. The summed E-state index contributed by atoms with van der Waals surface area (Å²) in [4.78, 5) is 17.7. The lowest BCUT2D eigenvalue weighted by Gasteiger charge is -2.13. The number of imidazole rings is 1. The largest absolute Gasteiger partial charge is 0.335 e. The van der Waals surface area contributed by atoms with Crippen molar-refractivity contribution in [3.8, 4) is 28.5 Å². The van der Waals surface area contributed by atoms with Crippen molar-refractivity contribution < 1.29 is 0 Å². The van der Waals surface area contributed by atoms with Crippen molar-refractivity contribution >= 4 is 0 Å². The summed E-state index contributed by atoms with van der Waals surface area (Å²) in [6.07, 6.45) is 6.95. The fourth-order valence-corrected chi connectivity index (χ4v) is 3.90. The fraction of sp³-hybridized carbons (Fsp3) is 0.238. The van der Waals surface area contributed by atoms with Crippen LogP contribution in [-0.4, -0.2) is 54.9 Å². The van der Waals surface area contributed by atoms with Gasteiger partial charge in [-0.1, -0.05) is 42.7 Å². The van der Waals surface area contributed by atoms with Crippen LogP contribution in [0, 0.1) is 0 Å². The van der Waals surface area contributed by atoms with Gasteiger partial charge in [0.2, 0.25) is 5.82 Å². The molecule has 4 heterocycles. The van der Waals surface area contributed by atoms with Crippen LogP contribution in [0.15, 0.2) is 53.7 Å². The number of aromatic nitrogens is 11. The molecule has 0 aliphatic rings. The van der Waals surface area contributed by atoms with Gasteiger partial charge in [-0.15, -0.1) is 10.2 Å². The smallest absolute Gasteiger partial charge is 0.291 e. The quantitative estimate of drug-likeness (QED) is 0.398. The topological polar surface area (TPSA) is 138 Å². The normalized spacial score (nSPS) is 11.2. The van der Waals surface area contributed by atoms with Crippen LogP contribution >= 0.6 is 0 Å². The molecule has 1 aromatic carbocycles. The van der Waals surface area contributed by atoms with E-state index < -0.39 is 0 Å². The Morgan fingerprint density at radius 1 is 1.06 bits per heavy atom. The summed E-state index contributed by atoms with van der Waals surface area (Å²) in [6, 6.07) is 9.75. The molecule has 0 aliphatic heterocycles. The third-order valence-corrected chi connectivity index (χ3v) is 5.42. The molecule has 0 aliphatic carbocycles. The summed E-state index contributed by atoms with van der Waals surface area (Å²) in [6.45, 7) is 2.42. The monoisotopic (exact) mass is 443 g/mol. The first-order valence-corrected chi connectivity index (χ1v) is 10.5. The minimum Gasteiger partial charge on any atom is -0.291 e. The molecule has 0 bridgehead atoms. The van der Waals surface area contributed by atoms with Crippen LogP contribution in [0.4, 0.5) is 0 Å². The van der Waals surface area contributed by atoms with Crippen molar-refractivity contribution in [1.29, 1.82) is 0 Å². The number of nitrogens with one attached hydrogen (secondary N) is 1. The number of aromatic amines is 1. The van der Waals surface area contributed by atoms with Crippen molar-refractivity contribution in [3.63, 3.8) is 0 Å². The molecule has 12 heteroatoms. The maximum Gasteiger partial charge on any atom is 0.335 e. The van der Waals surface area contributed by atoms with E-state index in [4.69, 9.17) is 0 Å². The zero-order valence-electron chi connectivity index (χ0n) is 18.1. The second kappa shape index (κ2) is 8.57. The maximum absolute atomic E-state index is 13.4. The van der Waals surface area contributed by atoms with Crippen LogP contribution in [0.25, 0.3) is 28.5 Å². The van der Waals surface area contributed by atoms with Gasteiger partial charge in [0.1, 0.15) is 0 Å². The molecule has 5 aromatic rings. The van der Waals surface area contributed by atoms with Crippen molar-refractivity contribution in [2.75, 3.05) is 0 Å². The first kappa shape index (κ1) is 20.4. The van der Waals surface area contributed by atoms with Crippen LogP contribution in [0.1, 0.15) is 24.6 Å². The Kier molecular flexibility index (Phi) is 5.30. The number of nitrogens with zero attached hydrogens (tertiary/aromatic N) is 10. The van der Waals surface area contributed by atoms with Crippen molar-refractivity contribution in [3.05, 3.63) is 70.7 Å².